The van der Waals surface area contributed by atoms with E-state index >= 15 is 0 Å². The molecular weight excluding hydrogens is 464 g/mol. The molecule has 4 heterocycles. The Labute approximate surface area is 185 Å². The predicted octanol–water partition coefficient (Wildman–Crippen LogP) is 3.46. The van der Waals surface area contributed by atoms with Gasteiger partial charge in [0.1, 0.15) is 12.2 Å². The second kappa shape index (κ2) is 8.49. The third kappa shape index (κ3) is 4.09. The SMILES string of the molecule is C=C(Br)C[C@H](Cl)CCC(=O)[C@@H]1O[C@@]12O[C@@H]1C(O[C@H]3CC[C@H](CC)O[C@@H]3[C@@H]1C)[C@H]2O. The lowest BCUT2D eigenvalue weighted by Crippen LogP contribution is -2.57. The number of alkyl halides is 1. The maximum atomic E-state index is 12.6. The highest BCUT2D eigenvalue weighted by atomic mass is 79.9. The largest absolute Gasteiger partial charge is 0.385 e. The second-order valence-electron chi connectivity index (χ2n) is 8.78. The molecule has 4 fully saturated rings. The fourth-order valence-electron chi connectivity index (χ4n) is 5.03. The van der Waals surface area contributed by atoms with Crippen molar-refractivity contribution in [1.29, 1.82) is 0 Å². The third-order valence-corrected chi connectivity index (χ3v) is 7.43. The fraction of sp³-hybridized carbons (Fsp3) is 0.857. The average molecular weight is 494 g/mol. The number of aliphatic hydroxyl groups is 1. The zero-order valence-corrected chi connectivity index (χ0v) is 19.2. The van der Waals surface area contributed by atoms with Crippen LogP contribution in [0.4, 0.5) is 0 Å². The van der Waals surface area contributed by atoms with Gasteiger partial charge in [0.15, 0.2) is 11.9 Å². The van der Waals surface area contributed by atoms with Gasteiger partial charge in [0.25, 0.3) is 0 Å². The van der Waals surface area contributed by atoms with Crippen molar-refractivity contribution in [3.63, 3.8) is 0 Å². The molecule has 0 aliphatic carbocycles. The second-order valence-corrected chi connectivity index (χ2v) is 10.5. The summed E-state index contributed by atoms with van der Waals surface area (Å²) >= 11 is 9.53. The molecule has 4 saturated heterocycles. The minimum atomic E-state index is -1.28. The molecule has 1 spiro atoms. The minimum Gasteiger partial charge on any atom is -0.385 e. The minimum absolute atomic E-state index is 0.0512. The zero-order chi connectivity index (χ0) is 20.9. The summed E-state index contributed by atoms with van der Waals surface area (Å²) in [6, 6.07) is 0. The lowest BCUT2D eigenvalue weighted by molar-refractivity contribution is -0.240. The molecule has 4 aliphatic heterocycles. The number of ketones is 1. The van der Waals surface area contributed by atoms with E-state index in [1.165, 1.54) is 0 Å². The molecule has 0 bridgehead atoms. The number of hydrogen-bond donors (Lipinski definition) is 1. The Morgan fingerprint density at radius 2 is 2.03 bits per heavy atom. The summed E-state index contributed by atoms with van der Waals surface area (Å²) in [4.78, 5) is 12.6. The maximum absolute atomic E-state index is 12.6. The number of hydrogen-bond acceptors (Lipinski definition) is 6. The van der Waals surface area contributed by atoms with Crippen molar-refractivity contribution >= 4 is 33.3 Å². The summed E-state index contributed by atoms with van der Waals surface area (Å²) in [5, 5.41) is 10.8. The number of carbonyl (C=O) groups excluding carboxylic acids is 1. The number of fused-ring (bicyclic) bond motifs is 2. The van der Waals surface area contributed by atoms with Gasteiger partial charge < -0.3 is 24.1 Å². The number of aliphatic hydroxyl groups excluding tert-OH is 1. The molecule has 4 aliphatic rings. The highest BCUT2D eigenvalue weighted by molar-refractivity contribution is 9.11. The monoisotopic (exact) mass is 492 g/mol. The first kappa shape index (κ1) is 22.2. The molecule has 1 unspecified atom stereocenters. The number of allylic oxidation sites excluding steroid dienone is 1. The lowest BCUT2D eigenvalue weighted by Gasteiger charge is -2.47. The van der Waals surface area contributed by atoms with Crippen LogP contribution in [-0.2, 0) is 23.7 Å². The van der Waals surface area contributed by atoms with Gasteiger partial charge in [-0.1, -0.05) is 36.4 Å². The standard InChI is InChI=1S/C21H30BrClO6/c1-4-13-6-8-15-16(26-13)11(3)17-18(27-15)19(25)21(28-17)20(29-21)14(24)7-5-12(23)9-10(2)22/h11-13,15-20,25H,2,4-9H2,1,3H3/t11-,12+,13-,15-,16+,17-,18?,19+,20-,21+/m0/s1. The van der Waals surface area contributed by atoms with E-state index in [0.29, 0.717) is 12.8 Å². The summed E-state index contributed by atoms with van der Waals surface area (Å²) in [6.45, 7) is 7.97. The Morgan fingerprint density at radius 1 is 1.28 bits per heavy atom. The van der Waals surface area contributed by atoms with E-state index in [-0.39, 0.29) is 47.9 Å². The molecule has 0 radical (unpaired) electrons. The number of carbonyl (C=O) groups is 1. The highest BCUT2D eigenvalue weighted by Gasteiger charge is 2.75. The smallest absolute Gasteiger partial charge is 0.233 e. The first-order valence-electron chi connectivity index (χ1n) is 10.6. The zero-order valence-electron chi connectivity index (χ0n) is 16.9. The summed E-state index contributed by atoms with van der Waals surface area (Å²) in [7, 11) is 0. The maximum Gasteiger partial charge on any atom is 0.233 e. The van der Waals surface area contributed by atoms with Crippen molar-refractivity contribution in [3.05, 3.63) is 11.1 Å². The van der Waals surface area contributed by atoms with Gasteiger partial charge in [0.2, 0.25) is 5.79 Å². The topological polar surface area (TPSA) is 77.5 Å². The van der Waals surface area contributed by atoms with Gasteiger partial charge in [-0.05, 0) is 36.6 Å². The molecule has 8 heteroatoms. The molecule has 4 rings (SSSR count). The van der Waals surface area contributed by atoms with Gasteiger partial charge in [-0.25, -0.2) is 0 Å². The first-order chi connectivity index (χ1) is 13.8. The van der Waals surface area contributed by atoms with Crippen LogP contribution in [0.2, 0.25) is 0 Å². The summed E-state index contributed by atoms with van der Waals surface area (Å²) < 4.78 is 25.1. The molecule has 0 amide bonds. The van der Waals surface area contributed by atoms with E-state index in [1.54, 1.807) is 0 Å². The number of ether oxygens (including phenoxy) is 4. The highest BCUT2D eigenvalue weighted by Crippen LogP contribution is 2.54. The Hall–Kier alpha value is -0.0200. The fourth-order valence-corrected chi connectivity index (χ4v) is 5.91. The number of rotatable bonds is 7. The Balaban J connectivity index is 1.38. The van der Waals surface area contributed by atoms with Gasteiger partial charge >= 0.3 is 0 Å². The van der Waals surface area contributed by atoms with Crippen LogP contribution in [-0.4, -0.2) is 64.8 Å². The number of epoxide rings is 1. The van der Waals surface area contributed by atoms with Crippen molar-refractivity contribution in [1.82, 2.24) is 0 Å². The van der Waals surface area contributed by atoms with Crippen molar-refractivity contribution in [2.45, 2.75) is 106 Å². The molecule has 0 aromatic carbocycles. The molecular formula is C21H30BrClO6. The van der Waals surface area contributed by atoms with E-state index < -0.39 is 24.1 Å². The first-order valence-corrected chi connectivity index (χ1v) is 11.8. The van der Waals surface area contributed by atoms with Crippen molar-refractivity contribution in [3.8, 4) is 0 Å². The Morgan fingerprint density at radius 3 is 2.72 bits per heavy atom. The Kier molecular flexibility index (Phi) is 6.49. The molecule has 0 aromatic rings. The van der Waals surface area contributed by atoms with Gasteiger partial charge in [-0.2, -0.15) is 0 Å². The summed E-state index contributed by atoms with van der Waals surface area (Å²) in [6.07, 6.45) is 1.78. The molecule has 0 aromatic heterocycles. The van der Waals surface area contributed by atoms with Crippen LogP contribution in [0.1, 0.15) is 52.4 Å². The van der Waals surface area contributed by atoms with Gasteiger partial charge in [0, 0.05) is 17.7 Å². The van der Waals surface area contributed by atoms with E-state index in [9.17, 15) is 9.90 Å². The summed E-state index contributed by atoms with van der Waals surface area (Å²) in [5.41, 5.74) is 0. The third-order valence-electron chi connectivity index (χ3n) is 6.73. The van der Waals surface area contributed by atoms with Crippen LogP contribution in [0.15, 0.2) is 11.1 Å². The molecule has 10 atom stereocenters. The van der Waals surface area contributed by atoms with Crippen LogP contribution < -0.4 is 0 Å². The van der Waals surface area contributed by atoms with E-state index in [1.807, 2.05) is 0 Å². The molecule has 1 N–H and O–H groups in total. The Bertz CT molecular complexity index is 661. The van der Waals surface area contributed by atoms with Crippen LogP contribution in [0.5, 0.6) is 0 Å². The van der Waals surface area contributed by atoms with Crippen molar-refractivity contribution < 1.29 is 28.8 Å². The van der Waals surface area contributed by atoms with Gasteiger partial charge in [-0.3, -0.25) is 4.79 Å². The van der Waals surface area contributed by atoms with E-state index in [2.05, 4.69) is 36.4 Å². The van der Waals surface area contributed by atoms with Gasteiger partial charge in [0.05, 0.1) is 24.4 Å². The van der Waals surface area contributed by atoms with Crippen molar-refractivity contribution in [2.24, 2.45) is 5.92 Å². The normalized spacial score (nSPS) is 46.8. The number of Topliss-reactive ketones (excluding diaryl/α,β-unsaturated/α-hetero) is 1. The summed E-state index contributed by atoms with van der Waals surface area (Å²) in [5.74, 6) is -1.32. The van der Waals surface area contributed by atoms with Crippen LogP contribution in [0, 0.1) is 5.92 Å². The van der Waals surface area contributed by atoms with Gasteiger partial charge in [-0.15, -0.1) is 11.6 Å². The van der Waals surface area contributed by atoms with E-state index in [0.717, 1.165) is 23.7 Å². The van der Waals surface area contributed by atoms with Crippen molar-refractivity contribution in [2.75, 3.05) is 0 Å². The number of halogens is 2. The van der Waals surface area contributed by atoms with Crippen LogP contribution >= 0.6 is 27.5 Å². The molecule has 29 heavy (non-hydrogen) atoms. The molecule has 6 nitrogen and oxygen atoms in total. The lowest BCUT2D eigenvalue weighted by atomic mass is 9.82. The predicted molar refractivity (Wildman–Crippen MR) is 111 cm³/mol. The van der Waals surface area contributed by atoms with E-state index in [4.69, 9.17) is 30.5 Å². The average Bonchev–Trinajstić information content (AvgIpc) is 3.35. The molecule has 164 valence electrons. The van der Waals surface area contributed by atoms with Crippen LogP contribution in [0.3, 0.4) is 0 Å². The van der Waals surface area contributed by atoms with Crippen LogP contribution in [0.25, 0.3) is 0 Å². The quantitative estimate of drug-likeness (QED) is 0.432. The molecule has 0 saturated carbocycles.